The van der Waals surface area contributed by atoms with E-state index in [9.17, 15) is 28.6 Å². The maximum absolute atomic E-state index is 11.9. The van der Waals surface area contributed by atoms with Crippen molar-refractivity contribution in [1.29, 1.82) is 0 Å². The summed E-state index contributed by atoms with van der Waals surface area (Å²) in [6.45, 7) is -10.8. The number of aromatic nitrogens is 4. The minimum absolute atomic E-state index is 0.0338. The monoisotopic (exact) mass is 507 g/mol. The zero-order valence-electron chi connectivity index (χ0n) is 14.6. The number of nitrogens with zero attached hydrogens (tertiary/aromatic N) is 4. The largest absolute Gasteiger partial charge is 0.477 e. The summed E-state index contributed by atoms with van der Waals surface area (Å²) >= 11 is -0.680. The van der Waals surface area contributed by atoms with Crippen LogP contribution in [0.3, 0.4) is 0 Å². The van der Waals surface area contributed by atoms with Crippen LogP contribution in [-0.4, -0.2) is 63.0 Å². The molecule has 2 aromatic rings. The first-order chi connectivity index (χ1) is 13.8. The lowest BCUT2D eigenvalue weighted by molar-refractivity contribution is -0.0387. The Balaban J connectivity index is 1.64. The molecule has 0 bridgehead atoms. The van der Waals surface area contributed by atoms with Gasteiger partial charge < -0.3 is 35.2 Å². The van der Waals surface area contributed by atoms with Crippen LogP contribution in [0.5, 0.6) is 0 Å². The number of nitrogens with two attached hydrogens (primary N) is 1. The zero-order valence-corrected chi connectivity index (χ0v) is 18.1. The minimum Gasteiger partial charge on any atom is -0.390 e. The fraction of sp³-hybridized carbons (Fsp3) is 0.500. The van der Waals surface area contributed by atoms with Gasteiger partial charge in [0.25, 0.3) is 0 Å². The molecule has 0 aliphatic carbocycles. The summed E-state index contributed by atoms with van der Waals surface area (Å²) in [6.07, 6.45) is -0.428. The van der Waals surface area contributed by atoms with Crippen molar-refractivity contribution in [3.8, 4) is 0 Å². The van der Waals surface area contributed by atoms with E-state index in [0.29, 0.717) is 11.2 Å². The lowest BCUT2D eigenvalue weighted by Crippen LogP contribution is -2.25. The first-order valence-corrected chi connectivity index (χ1v) is 14.5. The second-order valence-corrected chi connectivity index (χ2v) is 14.6. The van der Waals surface area contributed by atoms with Gasteiger partial charge in [0.1, 0.15) is 24.2 Å². The fourth-order valence-corrected chi connectivity index (χ4v) is 10.2. The first kappa shape index (κ1) is 23.7. The van der Waals surface area contributed by atoms with Crippen molar-refractivity contribution < 1.29 is 51.9 Å². The molecule has 1 saturated heterocycles. The molecule has 7 N–H and O–H groups in total. The average Bonchev–Trinajstić information content (AvgIpc) is 3.14. The van der Waals surface area contributed by atoms with Crippen molar-refractivity contribution in [1.82, 2.24) is 19.5 Å². The Labute approximate surface area is 171 Å². The Morgan fingerprint density at radius 1 is 1.20 bits per heavy atom. The summed E-state index contributed by atoms with van der Waals surface area (Å²) in [6, 6.07) is 0. The molecule has 3 rings (SSSR count). The second-order valence-electron chi connectivity index (χ2n) is 5.90. The molecule has 1 aliphatic heterocycles. The zero-order chi connectivity index (χ0) is 22.3. The number of hydrogen-bond donors (Lipinski definition) is 6. The number of hydrogen-bond acceptors (Lipinski definition) is 12. The highest BCUT2D eigenvalue weighted by Crippen LogP contribution is 2.78. The van der Waals surface area contributed by atoms with Crippen molar-refractivity contribution in [2.75, 3.05) is 12.3 Å². The van der Waals surface area contributed by atoms with E-state index >= 15 is 0 Å². The van der Waals surface area contributed by atoms with Gasteiger partial charge in [0, 0.05) is 6.42 Å². The van der Waals surface area contributed by atoms with Crippen LogP contribution in [0.1, 0.15) is 12.6 Å². The van der Waals surface area contributed by atoms with E-state index in [1.165, 1.54) is 17.2 Å². The van der Waals surface area contributed by atoms with E-state index in [-0.39, 0.29) is 12.2 Å². The molecule has 1 fully saturated rings. The van der Waals surface area contributed by atoms with Crippen LogP contribution in [0.2, 0.25) is 0 Å². The quantitative estimate of drug-likeness (QED) is 0.259. The second kappa shape index (κ2) is 8.54. The number of rotatable bonds is 8. The molecule has 20 heteroatoms. The number of phosphoric acid groups is 1. The topological polar surface area (TPSA) is 250 Å². The molecule has 0 radical (unpaired) electrons. The summed E-state index contributed by atoms with van der Waals surface area (Å²) in [4.78, 5) is 48.0. The normalized spacial score (nSPS) is 26.5. The van der Waals surface area contributed by atoms with E-state index < -0.39 is 57.5 Å². The van der Waals surface area contributed by atoms with Crippen LogP contribution in [0.4, 0.5) is 5.82 Å². The van der Waals surface area contributed by atoms with Gasteiger partial charge in [0.15, 0.2) is 11.5 Å². The number of anilines is 1. The SMILES string of the molecule is Nc1ncnc2c1ncn2[C@H]1C[C@H](O)[C@@H](COP(=O)(O)SP(=O)(O)OP(=O)(O)O)O1. The molecular formula is C10H16N5O11P3S. The van der Waals surface area contributed by atoms with Crippen LogP contribution in [0.25, 0.3) is 11.2 Å². The highest BCUT2D eigenvalue weighted by atomic mass is 33.1. The first-order valence-electron chi connectivity index (χ1n) is 7.81. The number of aliphatic hydroxyl groups is 1. The minimum atomic E-state index is -5.40. The third-order valence-corrected chi connectivity index (χ3v) is 12.2. The van der Waals surface area contributed by atoms with Gasteiger partial charge in [-0.05, 0) is 0 Å². The number of aliphatic hydroxyl groups excluding tert-OH is 1. The van der Waals surface area contributed by atoms with Gasteiger partial charge in [-0.3, -0.25) is 9.09 Å². The number of nitrogen functional groups attached to an aromatic ring is 1. The third-order valence-electron chi connectivity index (χ3n) is 3.72. The van der Waals surface area contributed by atoms with Crippen molar-refractivity contribution >= 4 is 49.4 Å². The maximum Gasteiger partial charge on any atom is 0.477 e. The maximum atomic E-state index is 11.9. The standard InChI is InChI=1S/C10H16N5O11P3S/c11-9-8-10(13-3-12-9)15(4-14-8)7-1-5(16)6(25-7)2-24-28(20,21)30-29(22,23)26-27(17,18)19/h3-7,16H,1-2H2,(H,20,21)(H,22,23)(H2,11,12,13)(H2,17,18,19)/t5-,6+,7+/m0/s1. The van der Waals surface area contributed by atoms with Crippen molar-refractivity contribution in [2.45, 2.75) is 24.9 Å². The molecule has 5 atom stereocenters. The molecular weight excluding hydrogens is 491 g/mol. The Bertz CT molecular complexity index is 1080. The molecule has 168 valence electrons. The van der Waals surface area contributed by atoms with E-state index in [2.05, 4.69) is 23.8 Å². The Morgan fingerprint density at radius 3 is 2.57 bits per heavy atom. The third kappa shape index (κ3) is 5.85. The van der Waals surface area contributed by atoms with Gasteiger partial charge >= 0.3 is 21.4 Å². The van der Waals surface area contributed by atoms with Gasteiger partial charge in [-0.1, -0.05) is 0 Å². The Kier molecular flexibility index (Phi) is 6.76. The number of fused-ring (bicyclic) bond motifs is 1. The molecule has 0 amide bonds. The molecule has 0 saturated carbocycles. The summed E-state index contributed by atoms with van der Waals surface area (Å²) in [5, 5.41) is 10.2. The summed E-state index contributed by atoms with van der Waals surface area (Å²) in [5.74, 6) is 0.140. The van der Waals surface area contributed by atoms with Crippen LogP contribution < -0.4 is 5.73 Å². The summed E-state index contributed by atoms with van der Waals surface area (Å²) < 4.78 is 49.4. The average molecular weight is 507 g/mol. The smallest absolute Gasteiger partial charge is 0.390 e. The van der Waals surface area contributed by atoms with E-state index in [4.69, 9.17) is 20.3 Å². The predicted molar refractivity (Wildman–Crippen MR) is 101 cm³/mol. The van der Waals surface area contributed by atoms with Gasteiger partial charge in [-0.15, -0.1) is 0 Å². The molecule has 2 unspecified atom stereocenters. The Hall–Kier alpha value is -0.930. The molecule has 0 aromatic carbocycles. The van der Waals surface area contributed by atoms with Crippen LogP contribution in [0, 0.1) is 0 Å². The fourth-order valence-electron chi connectivity index (χ4n) is 2.59. The Morgan fingerprint density at radius 2 is 1.90 bits per heavy atom. The van der Waals surface area contributed by atoms with Crippen molar-refractivity contribution in [3.63, 3.8) is 0 Å². The van der Waals surface area contributed by atoms with Gasteiger partial charge in [0.2, 0.25) is 0 Å². The molecule has 2 aromatic heterocycles. The van der Waals surface area contributed by atoms with Gasteiger partial charge in [0.05, 0.1) is 30.0 Å². The summed E-state index contributed by atoms with van der Waals surface area (Å²) in [5.41, 5.74) is 6.36. The van der Waals surface area contributed by atoms with Crippen LogP contribution >= 0.6 is 32.4 Å². The van der Waals surface area contributed by atoms with E-state index in [1.54, 1.807) is 0 Å². The number of imidazole rings is 1. The lowest BCUT2D eigenvalue weighted by Gasteiger charge is -2.19. The van der Waals surface area contributed by atoms with E-state index in [0.717, 1.165) is 0 Å². The molecule has 0 spiro atoms. The van der Waals surface area contributed by atoms with Crippen molar-refractivity contribution in [2.24, 2.45) is 0 Å². The summed E-state index contributed by atoms with van der Waals surface area (Å²) in [7, 11) is -5.40. The molecule has 30 heavy (non-hydrogen) atoms. The lowest BCUT2D eigenvalue weighted by atomic mass is 10.2. The van der Waals surface area contributed by atoms with Crippen molar-refractivity contribution in [3.05, 3.63) is 12.7 Å². The van der Waals surface area contributed by atoms with Crippen LogP contribution in [0.15, 0.2) is 12.7 Å². The van der Waals surface area contributed by atoms with Gasteiger partial charge in [-0.25, -0.2) is 28.6 Å². The predicted octanol–water partition coefficient (Wildman–Crippen LogP) is 0.117. The highest BCUT2D eigenvalue weighted by Gasteiger charge is 2.42. The van der Waals surface area contributed by atoms with Crippen LogP contribution in [-0.2, 0) is 27.3 Å². The number of ether oxygens (including phenoxy) is 1. The molecule has 1 aliphatic rings. The highest BCUT2D eigenvalue weighted by molar-refractivity contribution is 8.84. The molecule has 16 nitrogen and oxygen atoms in total. The van der Waals surface area contributed by atoms with Gasteiger partial charge in [-0.2, -0.15) is 4.31 Å². The van der Waals surface area contributed by atoms with E-state index in [1.807, 2.05) is 0 Å². The molecule has 3 heterocycles.